The highest BCUT2D eigenvalue weighted by atomic mass is 79.9. The van der Waals surface area contributed by atoms with Crippen LogP contribution in [0.4, 0.5) is 0 Å². The molecule has 2 N–H and O–H groups in total. The molecule has 4 heteroatoms. The Morgan fingerprint density at radius 3 is 2.06 bits per heavy atom. The van der Waals surface area contributed by atoms with Gasteiger partial charge in [0.15, 0.2) is 5.78 Å². The lowest BCUT2D eigenvalue weighted by molar-refractivity contribution is 0.0909. The minimum absolute atomic E-state index is 0.111. The number of halogens is 1. The Labute approximate surface area is 117 Å². The van der Waals surface area contributed by atoms with Crippen molar-refractivity contribution in [2.24, 2.45) is 5.73 Å². The summed E-state index contributed by atoms with van der Waals surface area (Å²) in [6.45, 7) is 9.25. The molecule has 0 aliphatic carbocycles. The van der Waals surface area contributed by atoms with Gasteiger partial charge in [0.05, 0.1) is 18.2 Å². The predicted molar refractivity (Wildman–Crippen MR) is 77.5 cm³/mol. The van der Waals surface area contributed by atoms with E-state index in [1.165, 1.54) is 0 Å². The number of ether oxygens (including phenoxy) is 1. The molecule has 0 radical (unpaired) electrons. The van der Waals surface area contributed by atoms with E-state index in [9.17, 15) is 4.79 Å². The zero-order valence-electron chi connectivity index (χ0n) is 11.8. The van der Waals surface area contributed by atoms with Crippen LogP contribution in [0.2, 0.25) is 0 Å². The zero-order chi connectivity index (χ0) is 14.2. The number of ketones is 1. The number of benzene rings is 1. The molecule has 0 saturated carbocycles. The smallest absolute Gasteiger partial charge is 0.186 e. The molecule has 0 fully saturated rings. The van der Waals surface area contributed by atoms with Crippen molar-refractivity contribution in [3.05, 3.63) is 26.7 Å². The number of rotatable bonds is 3. The standard InChI is InChI=1S/C14H20BrNO2/c1-7-8(2)12(18-6)10(9(3)11(7)15)13(17)14(4,5)16/h16H2,1-6H3. The first-order chi connectivity index (χ1) is 8.12. The predicted octanol–water partition coefficient (Wildman–Crippen LogP) is 3.30. The van der Waals surface area contributed by atoms with Gasteiger partial charge in [-0.2, -0.15) is 0 Å². The highest BCUT2D eigenvalue weighted by Crippen LogP contribution is 2.37. The highest BCUT2D eigenvalue weighted by molar-refractivity contribution is 9.10. The van der Waals surface area contributed by atoms with E-state index in [0.29, 0.717) is 11.3 Å². The fraction of sp³-hybridized carbons (Fsp3) is 0.500. The van der Waals surface area contributed by atoms with Crippen LogP contribution < -0.4 is 10.5 Å². The summed E-state index contributed by atoms with van der Waals surface area (Å²) in [5, 5.41) is 0. The molecule has 0 saturated heterocycles. The third-order valence-electron chi connectivity index (χ3n) is 3.18. The third-order valence-corrected chi connectivity index (χ3v) is 4.37. The van der Waals surface area contributed by atoms with Gasteiger partial charge in [-0.1, -0.05) is 15.9 Å². The number of nitrogens with two attached hydrogens (primary N) is 1. The van der Waals surface area contributed by atoms with Gasteiger partial charge >= 0.3 is 0 Å². The molecule has 0 unspecified atom stereocenters. The molecule has 3 nitrogen and oxygen atoms in total. The minimum atomic E-state index is -0.917. The van der Waals surface area contributed by atoms with Gasteiger partial charge in [0.25, 0.3) is 0 Å². The molecule has 1 aromatic carbocycles. The van der Waals surface area contributed by atoms with Gasteiger partial charge in [-0.3, -0.25) is 4.79 Å². The molecule has 1 rings (SSSR count). The number of hydrogen-bond acceptors (Lipinski definition) is 3. The molecule has 0 aromatic heterocycles. The summed E-state index contributed by atoms with van der Waals surface area (Å²) in [5.74, 6) is 0.511. The maximum Gasteiger partial charge on any atom is 0.186 e. The molecule has 100 valence electrons. The van der Waals surface area contributed by atoms with Crippen LogP contribution in [0.15, 0.2) is 4.47 Å². The number of carbonyl (C=O) groups is 1. The zero-order valence-corrected chi connectivity index (χ0v) is 13.4. The van der Waals surface area contributed by atoms with E-state index >= 15 is 0 Å². The molecule has 0 aliphatic heterocycles. The van der Waals surface area contributed by atoms with Crippen LogP contribution >= 0.6 is 15.9 Å². The molecular formula is C14H20BrNO2. The number of carbonyl (C=O) groups excluding carboxylic acids is 1. The van der Waals surface area contributed by atoms with E-state index in [1.807, 2.05) is 20.8 Å². The van der Waals surface area contributed by atoms with E-state index in [2.05, 4.69) is 15.9 Å². The van der Waals surface area contributed by atoms with Gasteiger partial charge < -0.3 is 10.5 Å². The Hall–Kier alpha value is -0.870. The Kier molecular flexibility index (Phi) is 4.23. The van der Waals surface area contributed by atoms with Gasteiger partial charge in [0.1, 0.15) is 5.75 Å². The Balaban J connectivity index is 3.68. The summed E-state index contributed by atoms with van der Waals surface area (Å²) in [4.78, 5) is 12.5. The van der Waals surface area contributed by atoms with Crippen molar-refractivity contribution in [1.82, 2.24) is 0 Å². The van der Waals surface area contributed by atoms with Crippen molar-refractivity contribution >= 4 is 21.7 Å². The molecule has 0 aliphatic rings. The van der Waals surface area contributed by atoms with E-state index in [4.69, 9.17) is 10.5 Å². The maximum absolute atomic E-state index is 12.5. The fourth-order valence-corrected chi connectivity index (χ4v) is 2.43. The van der Waals surface area contributed by atoms with E-state index in [1.54, 1.807) is 21.0 Å². The molecule has 0 spiro atoms. The van der Waals surface area contributed by atoms with Crippen molar-refractivity contribution < 1.29 is 9.53 Å². The molecule has 0 amide bonds. The van der Waals surface area contributed by atoms with Crippen LogP contribution in [0.3, 0.4) is 0 Å². The topological polar surface area (TPSA) is 52.3 Å². The van der Waals surface area contributed by atoms with Crippen molar-refractivity contribution in [3.63, 3.8) is 0 Å². The normalized spacial score (nSPS) is 11.6. The lowest BCUT2D eigenvalue weighted by atomic mass is 9.88. The van der Waals surface area contributed by atoms with Crippen molar-refractivity contribution in [2.45, 2.75) is 40.2 Å². The second-order valence-corrected chi connectivity index (χ2v) is 5.94. The van der Waals surface area contributed by atoms with E-state index < -0.39 is 5.54 Å². The second-order valence-electron chi connectivity index (χ2n) is 5.15. The molecular weight excluding hydrogens is 294 g/mol. The molecule has 1 aromatic rings. The fourth-order valence-electron chi connectivity index (χ4n) is 1.93. The SMILES string of the molecule is COc1c(C)c(C)c(Br)c(C)c1C(=O)C(C)(C)N. The first kappa shape index (κ1) is 15.2. The summed E-state index contributed by atoms with van der Waals surface area (Å²) in [6.07, 6.45) is 0. The summed E-state index contributed by atoms with van der Waals surface area (Å²) in [7, 11) is 1.58. The minimum Gasteiger partial charge on any atom is -0.496 e. The van der Waals surface area contributed by atoms with Gasteiger partial charge in [-0.25, -0.2) is 0 Å². The second kappa shape index (κ2) is 5.02. The molecule has 18 heavy (non-hydrogen) atoms. The summed E-state index contributed by atoms with van der Waals surface area (Å²) < 4.78 is 6.35. The average molecular weight is 314 g/mol. The lowest BCUT2D eigenvalue weighted by Crippen LogP contribution is -2.42. The van der Waals surface area contributed by atoms with Crippen molar-refractivity contribution in [1.29, 1.82) is 0 Å². The van der Waals surface area contributed by atoms with Crippen LogP contribution in [0.1, 0.15) is 40.9 Å². The summed E-state index contributed by atoms with van der Waals surface area (Å²) in [6, 6.07) is 0. The van der Waals surface area contributed by atoms with Crippen LogP contribution in [-0.2, 0) is 0 Å². The van der Waals surface area contributed by atoms with Crippen LogP contribution in [-0.4, -0.2) is 18.4 Å². The third kappa shape index (κ3) is 2.45. The quantitative estimate of drug-likeness (QED) is 0.871. The maximum atomic E-state index is 12.5. The molecule has 0 bridgehead atoms. The van der Waals surface area contributed by atoms with Gasteiger partial charge in [0.2, 0.25) is 0 Å². The monoisotopic (exact) mass is 313 g/mol. The van der Waals surface area contributed by atoms with Crippen LogP contribution in [0.25, 0.3) is 0 Å². The van der Waals surface area contributed by atoms with Crippen molar-refractivity contribution in [3.8, 4) is 5.75 Å². The van der Waals surface area contributed by atoms with Crippen molar-refractivity contribution in [2.75, 3.05) is 7.11 Å². The number of Topliss-reactive ketones (excluding diaryl/α,β-unsaturated/α-hetero) is 1. The average Bonchev–Trinajstić information content (AvgIpc) is 2.28. The largest absolute Gasteiger partial charge is 0.496 e. The molecule has 0 atom stereocenters. The first-order valence-corrected chi connectivity index (χ1v) is 6.59. The number of methoxy groups -OCH3 is 1. The van der Waals surface area contributed by atoms with Gasteiger partial charge in [0, 0.05) is 4.47 Å². The summed E-state index contributed by atoms with van der Waals surface area (Å²) >= 11 is 3.53. The highest BCUT2D eigenvalue weighted by Gasteiger charge is 2.30. The lowest BCUT2D eigenvalue weighted by Gasteiger charge is -2.23. The van der Waals surface area contributed by atoms with E-state index in [-0.39, 0.29) is 5.78 Å². The Morgan fingerprint density at radius 1 is 1.17 bits per heavy atom. The van der Waals surface area contributed by atoms with Gasteiger partial charge in [-0.15, -0.1) is 0 Å². The van der Waals surface area contributed by atoms with Crippen LogP contribution in [0, 0.1) is 20.8 Å². The van der Waals surface area contributed by atoms with E-state index in [0.717, 1.165) is 21.2 Å². The summed E-state index contributed by atoms with van der Waals surface area (Å²) in [5.41, 5.74) is 8.49. The Bertz CT molecular complexity index is 502. The Morgan fingerprint density at radius 2 is 1.67 bits per heavy atom. The van der Waals surface area contributed by atoms with Gasteiger partial charge in [-0.05, 0) is 51.3 Å². The van der Waals surface area contributed by atoms with Crippen LogP contribution in [0.5, 0.6) is 5.75 Å². The first-order valence-electron chi connectivity index (χ1n) is 5.79. The molecule has 0 heterocycles. The number of hydrogen-bond donors (Lipinski definition) is 1.